The maximum atomic E-state index is 14.4. The van der Waals surface area contributed by atoms with Gasteiger partial charge in [-0.2, -0.15) is 0 Å². The van der Waals surface area contributed by atoms with Gasteiger partial charge in [0, 0.05) is 0 Å². The molecule has 33 heavy (non-hydrogen) atoms. The number of aromatic amines is 1. The van der Waals surface area contributed by atoms with Gasteiger partial charge in [0.15, 0.2) is 0 Å². The zero-order chi connectivity index (χ0) is 22.8. The van der Waals surface area contributed by atoms with Crippen LogP contribution in [0.25, 0.3) is 11.3 Å². The van der Waals surface area contributed by atoms with Crippen molar-refractivity contribution in [2.45, 2.75) is 3.92 Å². The van der Waals surface area contributed by atoms with E-state index in [1.54, 1.807) is 24.5 Å². The summed E-state index contributed by atoms with van der Waals surface area (Å²) >= 11 is -0.693. The molecule has 0 radical (unpaired) electrons. The van der Waals surface area contributed by atoms with E-state index in [-0.39, 0.29) is 15.6 Å². The summed E-state index contributed by atoms with van der Waals surface area (Å²) in [4.78, 5) is 20.8. The van der Waals surface area contributed by atoms with Gasteiger partial charge in [-0.15, -0.1) is 0 Å². The van der Waals surface area contributed by atoms with Gasteiger partial charge in [0.25, 0.3) is 0 Å². The summed E-state index contributed by atoms with van der Waals surface area (Å²) in [5.74, 6) is -0.606. The molecule has 0 spiro atoms. The topological polar surface area (TPSA) is 100 Å². The third-order valence-electron chi connectivity index (χ3n) is 5.44. The number of hydrogen-bond donors (Lipinski definition) is 4. The fraction of sp³-hybridized carbons (Fsp3) is 0.217. The van der Waals surface area contributed by atoms with E-state index in [4.69, 9.17) is 7.80 Å². The van der Waals surface area contributed by atoms with Crippen LogP contribution in [0.4, 0.5) is 21.5 Å². The standard InChI is InChI=1S/C23H22FIN5O3/c1-32-22-14(24)5-4-6-16(22)29-21-18-20-15(11-28-23(18)31)25-33-10-3-2-8-27-17-12-26-9-7-13(17)19(21)30-20/h2-7,9,12,15,27,29-30H,8,10-11H2,1H3,(H,28,31)/q-1/b3-2+/t15-/m0/s1. The molecular weight excluding hydrogens is 540 g/mol. The zero-order valence-corrected chi connectivity index (χ0v) is 19.9. The third-order valence-corrected chi connectivity index (χ3v) is 7.84. The van der Waals surface area contributed by atoms with Crippen molar-refractivity contribution in [3.05, 3.63) is 65.9 Å². The fourth-order valence-electron chi connectivity index (χ4n) is 3.94. The van der Waals surface area contributed by atoms with Crippen LogP contribution in [0.2, 0.25) is 0 Å². The average Bonchev–Trinajstić information content (AvgIpc) is 3.20. The van der Waals surface area contributed by atoms with Crippen molar-refractivity contribution in [3.63, 3.8) is 0 Å². The number of para-hydroxylation sites is 1. The zero-order valence-electron chi connectivity index (χ0n) is 17.7. The molecule has 4 heterocycles. The number of rotatable bonds is 3. The Morgan fingerprint density at radius 2 is 2.18 bits per heavy atom. The van der Waals surface area contributed by atoms with Crippen LogP contribution in [-0.4, -0.2) is 42.7 Å². The maximum absolute atomic E-state index is 14.4. The molecule has 1 atom stereocenters. The molecule has 0 unspecified atom stereocenters. The van der Waals surface area contributed by atoms with Crippen molar-refractivity contribution in [3.8, 4) is 17.0 Å². The first-order chi connectivity index (χ1) is 16.2. The SMILES string of the molecule is COc1c(F)cccc1Nc1c2[nH]c3c1C(=O)NC[C@@H]3[I-]OC/C=C/CNc1cnccc1-2. The number of carbonyl (C=O) groups is 1. The number of nitrogens with one attached hydrogen (secondary N) is 4. The van der Waals surface area contributed by atoms with E-state index in [0.717, 1.165) is 16.9 Å². The van der Waals surface area contributed by atoms with E-state index in [1.165, 1.54) is 13.2 Å². The summed E-state index contributed by atoms with van der Waals surface area (Å²) in [7, 11) is 1.42. The van der Waals surface area contributed by atoms with E-state index < -0.39 is 27.4 Å². The van der Waals surface area contributed by atoms with Gasteiger partial charge in [-0.25, -0.2) is 0 Å². The number of pyridine rings is 1. The Labute approximate surface area is 200 Å². The molecule has 10 heteroatoms. The Kier molecular flexibility index (Phi) is 6.18. The van der Waals surface area contributed by atoms with E-state index in [1.807, 2.05) is 18.2 Å². The van der Waals surface area contributed by atoms with E-state index >= 15 is 0 Å². The molecule has 2 aromatic heterocycles. The average molecular weight is 562 g/mol. The van der Waals surface area contributed by atoms with Crippen molar-refractivity contribution in [2.24, 2.45) is 0 Å². The first-order valence-electron chi connectivity index (χ1n) is 10.4. The van der Waals surface area contributed by atoms with Gasteiger partial charge in [-0.05, 0) is 0 Å². The van der Waals surface area contributed by atoms with E-state index in [2.05, 4.69) is 25.9 Å². The summed E-state index contributed by atoms with van der Waals surface area (Å²) in [6, 6.07) is 6.53. The number of aromatic nitrogens is 2. The Bertz CT molecular complexity index is 1230. The summed E-state index contributed by atoms with van der Waals surface area (Å²) in [6.45, 7) is 1.63. The van der Waals surface area contributed by atoms with E-state index in [9.17, 15) is 9.18 Å². The number of anilines is 3. The Balaban J connectivity index is 1.72. The number of alkyl halides is 1. The molecule has 4 N–H and O–H groups in total. The van der Waals surface area contributed by atoms with Crippen LogP contribution in [-0.2, 0) is 3.07 Å². The molecule has 5 rings (SSSR count). The van der Waals surface area contributed by atoms with Gasteiger partial charge in [-0.3, -0.25) is 0 Å². The number of ether oxygens (including phenoxy) is 1. The van der Waals surface area contributed by atoms with Crippen molar-refractivity contribution < 1.29 is 38.6 Å². The van der Waals surface area contributed by atoms with Crippen molar-refractivity contribution in [1.29, 1.82) is 0 Å². The quantitative estimate of drug-likeness (QED) is 0.214. The summed E-state index contributed by atoms with van der Waals surface area (Å²) in [6.07, 6.45) is 7.46. The number of H-pyrrole nitrogens is 1. The number of benzene rings is 1. The Morgan fingerprint density at radius 1 is 1.27 bits per heavy atom. The van der Waals surface area contributed by atoms with Crippen molar-refractivity contribution in [1.82, 2.24) is 15.3 Å². The second-order valence-electron chi connectivity index (χ2n) is 7.43. The molecule has 2 aliphatic heterocycles. The monoisotopic (exact) mass is 562 g/mol. The molecule has 2 aliphatic rings. The van der Waals surface area contributed by atoms with Gasteiger partial charge < -0.3 is 0 Å². The van der Waals surface area contributed by atoms with Gasteiger partial charge in [0.05, 0.1) is 0 Å². The summed E-state index contributed by atoms with van der Waals surface area (Å²) in [5.41, 5.74) is 4.68. The first kappa shape index (κ1) is 21.7. The molecule has 0 fully saturated rings. The second-order valence-corrected chi connectivity index (χ2v) is 10.1. The predicted octanol–water partition coefficient (Wildman–Crippen LogP) is 0.755. The number of fused-ring (bicyclic) bond motifs is 3. The van der Waals surface area contributed by atoms with Crippen LogP contribution in [0.15, 0.2) is 48.8 Å². The van der Waals surface area contributed by atoms with Crippen LogP contribution >= 0.6 is 0 Å². The van der Waals surface area contributed by atoms with Gasteiger partial charge in [0.1, 0.15) is 0 Å². The number of amides is 1. The van der Waals surface area contributed by atoms with Gasteiger partial charge in [0.2, 0.25) is 0 Å². The summed E-state index contributed by atoms with van der Waals surface area (Å²) < 4.78 is 25.7. The molecular formula is C23H22FIN5O3-. The van der Waals surface area contributed by atoms with E-state index in [0.29, 0.717) is 42.3 Å². The molecule has 0 saturated carbocycles. The Morgan fingerprint density at radius 3 is 3.06 bits per heavy atom. The minimum atomic E-state index is -0.693. The molecule has 0 aliphatic carbocycles. The second kappa shape index (κ2) is 9.40. The Hall–Kier alpha value is -3.12. The van der Waals surface area contributed by atoms with Crippen molar-refractivity contribution >= 4 is 23.0 Å². The van der Waals surface area contributed by atoms with Crippen LogP contribution < -0.4 is 42.3 Å². The number of carbonyl (C=O) groups excluding carboxylic acids is 1. The number of methoxy groups -OCH3 is 1. The number of hydrogen-bond acceptors (Lipinski definition) is 6. The molecule has 1 aromatic carbocycles. The molecule has 8 nitrogen and oxygen atoms in total. The fourth-order valence-corrected chi connectivity index (χ4v) is 5.91. The van der Waals surface area contributed by atoms with Crippen LogP contribution in [0.5, 0.6) is 5.75 Å². The van der Waals surface area contributed by atoms with Crippen molar-refractivity contribution in [2.75, 3.05) is 37.4 Å². The normalized spacial score (nSPS) is 18.7. The van der Waals surface area contributed by atoms with Crippen LogP contribution in [0.1, 0.15) is 20.0 Å². The third kappa shape index (κ3) is 4.15. The molecule has 2 bridgehead atoms. The minimum absolute atomic E-state index is 0.0487. The van der Waals surface area contributed by atoms with Crippen LogP contribution in [0.3, 0.4) is 0 Å². The molecule has 172 valence electrons. The number of halogens is 2. The first-order valence-corrected chi connectivity index (χ1v) is 12.5. The molecule has 3 aromatic rings. The van der Waals surface area contributed by atoms with Gasteiger partial charge in [-0.1, -0.05) is 0 Å². The molecule has 1 amide bonds. The van der Waals surface area contributed by atoms with Gasteiger partial charge >= 0.3 is 201 Å². The van der Waals surface area contributed by atoms with Crippen LogP contribution in [0, 0.1) is 5.82 Å². The molecule has 0 saturated heterocycles. The summed E-state index contributed by atoms with van der Waals surface area (Å²) in [5, 5.41) is 9.64. The predicted molar refractivity (Wildman–Crippen MR) is 119 cm³/mol. The number of nitrogens with zero attached hydrogens (tertiary/aromatic N) is 1.